The number of anilines is 1. The Kier molecular flexibility index (Phi) is 6.59. The van der Waals surface area contributed by atoms with Gasteiger partial charge in [-0.1, -0.05) is 56.0 Å². The molecule has 1 amide bonds. The molecule has 0 spiro atoms. The van der Waals surface area contributed by atoms with E-state index >= 15 is 0 Å². The molecule has 0 unspecified atom stereocenters. The van der Waals surface area contributed by atoms with Crippen LogP contribution in [0.4, 0.5) is 5.69 Å². The number of benzene rings is 2. The second kappa shape index (κ2) is 9.12. The lowest BCUT2D eigenvalue weighted by Crippen LogP contribution is -2.42. The number of rotatable bonds is 6. The third-order valence-corrected chi connectivity index (χ3v) is 5.69. The Balaban J connectivity index is 1.91. The van der Waals surface area contributed by atoms with Crippen LogP contribution in [-0.2, 0) is 10.2 Å². The van der Waals surface area contributed by atoms with Gasteiger partial charge in [-0.3, -0.25) is 4.79 Å². The van der Waals surface area contributed by atoms with Crippen molar-refractivity contribution in [3.05, 3.63) is 58.6 Å². The lowest BCUT2D eigenvalue weighted by Gasteiger charge is -2.37. The van der Waals surface area contributed by atoms with Crippen molar-refractivity contribution in [3.63, 3.8) is 0 Å². The van der Waals surface area contributed by atoms with Gasteiger partial charge in [-0.15, -0.1) is 0 Å². The Morgan fingerprint density at radius 1 is 1.21 bits per heavy atom. The van der Waals surface area contributed by atoms with E-state index in [0.29, 0.717) is 28.6 Å². The van der Waals surface area contributed by atoms with Gasteiger partial charge in [0, 0.05) is 5.02 Å². The van der Waals surface area contributed by atoms with Crippen molar-refractivity contribution in [2.75, 3.05) is 11.9 Å². The number of carbonyl (C=O) groups is 1. The molecule has 3 rings (SSSR count). The summed E-state index contributed by atoms with van der Waals surface area (Å²) < 4.78 is 5.60. The number of hydrogen-bond acceptors (Lipinski definition) is 3. The number of nitrogens with one attached hydrogen (secondary N) is 1. The van der Waals surface area contributed by atoms with Gasteiger partial charge in [-0.05, 0) is 49.1 Å². The highest BCUT2D eigenvalue weighted by atomic mass is 35.5. The first-order valence-corrected chi connectivity index (χ1v) is 10.2. The van der Waals surface area contributed by atoms with Crippen LogP contribution in [-0.4, -0.2) is 12.5 Å². The summed E-state index contributed by atoms with van der Waals surface area (Å²) in [6.07, 6.45) is 5.47. The van der Waals surface area contributed by atoms with Crippen molar-refractivity contribution in [2.24, 2.45) is 0 Å². The van der Waals surface area contributed by atoms with E-state index < -0.39 is 5.41 Å². The lowest BCUT2D eigenvalue weighted by molar-refractivity contribution is -0.122. The number of halogens is 1. The quantitative estimate of drug-likeness (QED) is 0.666. The van der Waals surface area contributed by atoms with Crippen LogP contribution < -0.4 is 10.1 Å². The molecule has 2 aromatic rings. The van der Waals surface area contributed by atoms with E-state index in [0.717, 1.165) is 44.1 Å². The number of carbonyl (C=O) groups excluding carboxylic acids is 1. The minimum Gasteiger partial charge on any atom is -0.494 e. The van der Waals surface area contributed by atoms with E-state index in [2.05, 4.69) is 11.4 Å². The van der Waals surface area contributed by atoms with Crippen LogP contribution in [0, 0.1) is 11.3 Å². The minimum absolute atomic E-state index is 0.0981. The Bertz CT molecular complexity index is 882. The summed E-state index contributed by atoms with van der Waals surface area (Å²) >= 11 is 6.47. The molecular weight excluding hydrogens is 372 g/mol. The zero-order valence-electron chi connectivity index (χ0n) is 16.1. The van der Waals surface area contributed by atoms with Crippen LogP contribution in [0.1, 0.15) is 56.6 Å². The van der Waals surface area contributed by atoms with E-state index in [1.807, 2.05) is 31.2 Å². The second-order valence-corrected chi connectivity index (χ2v) is 7.65. The predicted octanol–water partition coefficient (Wildman–Crippen LogP) is 5.84. The van der Waals surface area contributed by atoms with Crippen LogP contribution in [0.2, 0.25) is 5.02 Å². The van der Waals surface area contributed by atoms with Gasteiger partial charge in [0.2, 0.25) is 5.91 Å². The van der Waals surface area contributed by atoms with E-state index in [1.165, 1.54) is 0 Å². The lowest BCUT2D eigenvalue weighted by atomic mass is 9.68. The van der Waals surface area contributed by atoms with Crippen molar-refractivity contribution >= 4 is 23.2 Å². The smallest absolute Gasteiger partial charge is 0.235 e. The molecule has 5 heteroatoms. The van der Waals surface area contributed by atoms with E-state index in [1.54, 1.807) is 18.2 Å². The number of nitrogens with zero attached hydrogens (tertiary/aromatic N) is 1. The van der Waals surface area contributed by atoms with Crippen molar-refractivity contribution in [3.8, 4) is 11.8 Å². The summed E-state index contributed by atoms with van der Waals surface area (Å²) in [7, 11) is 0. The summed E-state index contributed by atoms with van der Waals surface area (Å²) in [4.78, 5) is 13.5. The average molecular weight is 397 g/mol. The zero-order chi connectivity index (χ0) is 20.0. The van der Waals surface area contributed by atoms with Gasteiger partial charge in [-0.25, -0.2) is 0 Å². The number of amides is 1. The molecule has 1 aliphatic carbocycles. The third-order valence-electron chi connectivity index (χ3n) is 5.36. The number of hydrogen-bond donors (Lipinski definition) is 1. The normalized spacial score (nSPS) is 15.5. The summed E-state index contributed by atoms with van der Waals surface area (Å²) in [5, 5.41) is 13.2. The minimum atomic E-state index is -0.666. The van der Waals surface area contributed by atoms with Crippen LogP contribution in [0.3, 0.4) is 0 Å². The predicted molar refractivity (Wildman–Crippen MR) is 112 cm³/mol. The standard InChI is InChI=1S/C23H25ClN2O2/c1-2-14-28-18-10-11-21(17(15-18)16-25)26-22(27)23(12-6-3-7-13-23)19-8-4-5-9-20(19)24/h4-5,8-11,15H,2-3,6-7,12-14H2,1H3,(H,26,27). The Morgan fingerprint density at radius 3 is 2.64 bits per heavy atom. The molecule has 1 saturated carbocycles. The average Bonchev–Trinajstić information content (AvgIpc) is 2.73. The highest BCUT2D eigenvalue weighted by Crippen LogP contribution is 2.43. The monoisotopic (exact) mass is 396 g/mol. The van der Waals surface area contributed by atoms with E-state index in [4.69, 9.17) is 16.3 Å². The van der Waals surface area contributed by atoms with Gasteiger partial charge in [0.25, 0.3) is 0 Å². The van der Waals surface area contributed by atoms with Crippen molar-refractivity contribution in [2.45, 2.75) is 50.9 Å². The highest BCUT2D eigenvalue weighted by molar-refractivity contribution is 6.31. The van der Waals surface area contributed by atoms with Crippen LogP contribution in [0.25, 0.3) is 0 Å². The first-order valence-electron chi connectivity index (χ1n) is 9.84. The summed E-state index contributed by atoms with van der Waals surface area (Å²) in [6, 6.07) is 14.9. The first-order chi connectivity index (χ1) is 13.6. The van der Waals surface area contributed by atoms with Crippen LogP contribution in [0.5, 0.6) is 5.75 Å². The number of nitriles is 1. The molecule has 0 bridgehead atoms. The van der Waals surface area contributed by atoms with E-state index in [-0.39, 0.29) is 5.91 Å². The largest absolute Gasteiger partial charge is 0.494 e. The molecule has 1 aliphatic rings. The van der Waals surface area contributed by atoms with Gasteiger partial charge in [0.15, 0.2) is 0 Å². The van der Waals surface area contributed by atoms with Gasteiger partial charge < -0.3 is 10.1 Å². The molecule has 1 fully saturated rings. The van der Waals surface area contributed by atoms with Gasteiger partial charge in [0.05, 0.1) is 23.3 Å². The Morgan fingerprint density at radius 2 is 1.96 bits per heavy atom. The summed E-state index contributed by atoms with van der Waals surface area (Å²) in [6.45, 7) is 2.62. The summed E-state index contributed by atoms with van der Waals surface area (Å²) in [5.74, 6) is 0.536. The van der Waals surface area contributed by atoms with Gasteiger partial charge in [0.1, 0.15) is 11.8 Å². The maximum absolute atomic E-state index is 13.5. The maximum atomic E-state index is 13.5. The highest BCUT2D eigenvalue weighted by Gasteiger charge is 2.42. The molecule has 0 aliphatic heterocycles. The molecular formula is C23H25ClN2O2. The van der Waals surface area contributed by atoms with Gasteiger partial charge in [-0.2, -0.15) is 5.26 Å². The fourth-order valence-electron chi connectivity index (χ4n) is 3.90. The molecule has 0 heterocycles. The van der Waals surface area contributed by atoms with Crippen LogP contribution >= 0.6 is 11.6 Å². The fourth-order valence-corrected chi connectivity index (χ4v) is 4.22. The molecule has 2 aromatic carbocycles. The van der Waals surface area contributed by atoms with Gasteiger partial charge >= 0.3 is 0 Å². The zero-order valence-corrected chi connectivity index (χ0v) is 16.9. The molecule has 1 N–H and O–H groups in total. The third kappa shape index (κ3) is 4.15. The Labute approximate surface area is 171 Å². The molecule has 28 heavy (non-hydrogen) atoms. The Hall–Kier alpha value is -2.51. The molecule has 0 saturated heterocycles. The first kappa shape index (κ1) is 20.2. The second-order valence-electron chi connectivity index (χ2n) is 7.24. The van der Waals surface area contributed by atoms with Crippen molar-refractivity contribution in [1.29, 1.82) is 5.26 Å². The molecule has 146 valence electrons. The maximum Gasteiger partial charge on any atom is 0.235 e. The van der Waals surface area contributed by atoms with Crippen molar-refractivity contribution < 1.29 is 9.53 Å². The summed E-state index contributed by atoms with van der Waals surface area (Å²) in [5.41, 5.74) is 1.11. The number of ether oxygens (including phenoxy) is 1. The molecule has 0 atom stereocenters. The topological polar surface area (TPSA) is 62.1 Å². The molecule has 0 aromatic heterocycles. The SMILES string of the molecule is CCCOc1ccc(NC(=O)C2(c3ccccc3Cl)CCCCC2)c(C#N)c1. The van der Waals surface area contributed by atoms with E-state index in [9.17, 15) is 10.1 Å². The molecule has 4 nitrogen and oxygen atoms in total. The van der Waals surface area contributed by atoms with Crippen LogP contribution in [0.15, 0.2) is 42.5 Å². The van der Waals surface area contributed by atoms with Crippen molar-refractivity contribution in [1.82, 2.24) is 0 Å². The molecule has 0 radical (unpaired) electrons. The fraction of sp³-hybridized carbons (Fsp3) is 0.391.